The molecule has 5 atom stereocenters. The zero-order valence-electron chi connectivity index (χ0n) is 11.1. The van der Waals surface area contributed by atoms with Gasteiger partial charge in [-0.05, 0) is 20.8 Å². The Bertz CT molecular complexity index is 473. The van der Waals surface area contributed by atoms with E-state index in [4.69, 9.17) is 4.74 Å². The second-order valence-electron chi connectivity index (χ2n) is 5.74. The molecule has 5 nitrogen and oxygen atoms in total. The number of hydrogen-bond donors (Lipinski definition) is 1. The molecular weight excluding hydrogens is 232 g/mol. The van der Waals surface area contributed by atoms with E-state index in [2.05, 4.69) is 18.3 Å². The van der Waals surface area contributed by atoms with Crippen molar-refractivity contribution in [1.29, 1.82) is 0 Å². The molecule has 0 aliphatic carbocycles. The van der Waals surface area contributed by atoms with Crippen LogP contribution in [0.4, 0.5) is 0 Å². The van der Waals surface area contributed by atoms with Gasteiger partial charge in [-0.1, -0.05) is 11.6 Å². The molecule has 3 rings (SSSR count). The summed E-state index contributed by atoms with van der Waals surface area (Å²) >= 11 is 0. The van der Waals surface area contributed by atoms with Gasteiger partial charge in [0.05, 0.1) is 12.0 Å². The normalized spacial score (nSPS) is 47.1. The van der Waals surface area contributed by atoms with Crippen LogP contribution in [-0.2, 0) is 14.3 Å². The summed E-state index contributed by atoms with van der Waals surface area (Å²) in [7, 11) is 1.52. The standard InChI is InChI=1S/C13H18N2O3/c1-6-5-13(3)10(14-7(6)2)8-9(18-13)12(17)15(4)11(8)16/h5,7-10,14H,1-4H3. The molecule has 3 heterocycles. The fraction of sp³-hybridized carbons (Fsp3) is 0.692. The van der Waals surface area contributed by atoms with Crippen LogP contribution in [0.2, 0.25) is 0 Å². The Balaban J connectivity index is 2.03. The van der Waals surface area contributed by atoms with E-state index in [-0.39, 0.29) is 29.8 Å². The van der Waals surface area contributed by atoms with E-state index in [9.17, 15) is 9.59 Å². The fourth-order valence-electron chi connectivity index (χ4n) is 3.32. The zero-order valence-corrected chi connectivity index (χ0v) is 11.1. The lowest BCUT2D eigenvalue weighted by atomic mass is 9.82. The van der Waals surface area contributed by atoms with Crippen molar-refractivity contribution in [2.24, 2.45) is 5.92 Å². The van der Waals surface area contributed by atoms with Crippen molar-refractivity contribution in [2.45, 2.75) is 44.6 Å². The van der Waals surface area contributed by atoms with Crippen molar-refractivity contribution in [2.75, 3.05) is 7.05 Å². The number of nitrogens with one attached hydrogen (secondary N) is 1. The van der Waals surface area contributed by atoms with E-state index < -0.39 is 11.7 Å². The van der Waals surface area contributed by atoms with Crippen molar-refractivity contribution >= 4 is 11.8 Å². The van der Waals surface area contributed by atoms with Crippen molar-refractivity contribution in [3.8, 4) is 0 Å². The molecular formula is C13H18N2O3. The first-order chi connectivity index (χ1) is 8.35. The van der Waals surface area contributed by atoms with Gasteiger partial charge in [-0.3, -0.25) is 14.5 Å². The van der Waals surface area contributed by atoms with Crippen LogP contribution < -0.4 is 5.32 Å². The molecule has 3 aliphatic rings. The summed E-state index contributed by atoms with van der Waals surface area (Å²) in [6.07, 6.45) is 1.43. The summed E-state index contributed by atoms with van der Waals surface area (Å²) < 4.78 is 5.90. The van der Waals surface area contributed by atoms with Gasteiger partial charge in [-0.25, -0.2) is 0 Å². The van der Waals surface area contributed by atoms with Gasteiger partial charge in [0, 0.05) is 13.1 Å². The molecule has 18 heavy (non-hydrogen) atoms. The van der Waals surface area contributed by atoms with Crippen LogP contribution in [0, 0.1) is 5.92 Å². The third-order valence-corrected chi connectivity index (χ3v) is 4.50. The molecule has 5 heteroatoms. The molecule has 0 radical (unpaired) electrons. The summed E-state index contributed by atoms with van der Waals surface area (Å²) in [5.41, 5.74) is 0.625. The van der Waals surface area contributed by atoms with Crippen molar-refractivity contribution in [1.82, 2.24) is 10.2 Å². The third-order valence-electron chi connectivity index (χ3n) is 4.50. The van der Waals surface area contributed by atoms with Gasteiger partial charge >= 0.3 is 0 Å². The minimum Gasteiger partial charge on any atom is -0.356 e. The molecule has 98 valence electrons. The smallest absolute Gasteiger partial charge is 0.258 e. The summed E-state index contributed by atoms with van der Waals surface area (Å²) in [5, 5.41) is 3.42. The summed E-state index contributed by atoms with van der Waals surface area (Å²) in [4.78, 5) is 25.3. The molecule has 0 aromatic heterocycles. The predicted molar refractivity (Wildman–Crippen MR) is 64.7 cm³/mol. The molecule has 0 bridgehead atoms. The Morgan fingerprint density at radius 3 is 2.72 bits per heavy atom. The Labute approximate surface area is 106 Å². The largest absolute Gasteiger partial charge is 0.356 e. The minimum atomic E-state index is -0.626. The van der Waals surface area contributed by atoms with E-state index >= 15 is 0 Å². The van der Waals surface area contributed by atoms with E-state index in [0.717, 1.165) is 0 Å². The number of likely N-dealkylation sites (tertiary alicyclic amines) is 1. The number of likely N-dealkylation sites (N-methyl/N-ethyl adjacent to an activating group) is 1. The van der Waals surface area contributed by atoms with Crippen LogP contribution in [0.1, 0.15) is 20.8 Å². The van der Waals surface area contributed by atoms with Crippen LogP contribution in [-0.4, -0.2) is 47.6 Å². The lowest BCUT2D eigenvalue weighted by molar-refractivity contribution is -0.144. The monoisotopic (exact) mass is 250 g/mol. The number of imide groups is 1. The topological polar surface area (TPSA) is 58.6 Å². The first-order valence-electron chi connectivity index (χ1n) is 6.30. The van der Waals surface area contributed by atoms with E-state index in [0.29, 0.717) is 0 Å². The number of nitrogens with zero attached hydrogens (tertiary/aromatic N) is 1. The highest BCUT2D eigenvalue weighted by Gasteiger charge is 2.63. The molecule has 0 aromatic rings. The Morgan fingerprint density at radius 2 is 2.06 bits per heavy atom. The molecule has 2 amide bonds. The molecule has 1 N–H and O–H groups in total. The number of carbonyl (C=O) groups is 2. The second-order valence-corrected chi connectivity index (χ2v) is 5.74. The lowest BCUT2D eigenvalue weighted by Crippen LogP contribution is -2.56. The maximum absolute atomic E-state index is 12.1. The Hall–Kier alpha value is -1.20. The van der Waals surface area contributed by atoms with Crippen LogP contribution in [0.15, 0.2) is 11.6 Å². The predicted octanol–water partition coefficient (Wildman–Crippen LogP) is 0.0653. The molecule has 2 saturated heterocycles. The van der Waals surface area contributed by atoms with Crippen LogP contribution >= 0.6 is 0 Å². The average molecular weight is 250 g/mol. The number of rotatable bonds is 0. The van der Waals surface area contributed by atoms with Gasteiger partial charge in [-0.15, -0.1) is 0 Å². The van der Waals surface area contributed by atoms with E-state index in [1.165, 1.54) is 17.5 Å². The van der Waals surface area contributed by atoms with Gasteiger partial charge in [0.25, 0.3) is 5.91 Å². The number of carbonyl (C=O) groups excluding carboxylic acids is 2. The minimum absolute atomic E-state index is 0.123. The maximum atomic E-state index is 12.1. The van der Waals surface area contributed by atoms with Gasteiger partial charge < -0.3 is 10.1 Å². The molecule has 5 unspecified atom stereocenters. The summed E-state index contributed by atoms with van der Waals surface area (Å²) in [6, 6.07) is 0.0850. The number of amides is 2. The number of ether oxygens (including phenoxy) is 1. The first-order valence-corrected chi connectivity index (χ1v) is 6.30. The van der Waals surface area contributed by atoms with Crippen LogP contribution in [0.3, 0.4) is 0 Å². The van der Waals surface area contributed by atoms with Gasteiger partial charge in [0.15, 0.2) is 6.10 Å². The van der Waals surface area contributed by atoms with Crippen molar-refractivity contribution in [3.63, 3.8) is 0 Å². The molecule has 3 aliphatic heterocycles. The molecule has 0 spiro atoms. The van der Waals surface area contributed by atoms with Gasteiger partial charge in [0.1, 0.15) is 5.60 Å². The first kappa shape index (κ1) is 11.9. The second kappa shape index (κ2) is 3.42. The van der Waals surface area contributed by atoms with Gasteiger partial charge in [-0.2, -0.15) is 0 Å². The SMILES string of the molecule is CC1=CC2(C)OC3C(=O)N(C)C(=O)C3C2NC1C. The highest BCUT2D eigenvalue weighted by molar-refractivity contribution is 6.07. The average Bonchev–Trinajstić information content (AvgIpc) is 2.69. The summed E-state index contributed by atoms with van der Waals surface area (Å²) in [6.45, 7) is 6.04. The molecule has 0 aromatic carbocycles. The highest BCUT2D eigenvalue weighted by atomic mass is 16.5. The maximum Gasteiger partial charge on any atom is 0.258 e. The Morgan fingerprint density at radius 1 is 1.39 bits per heavy atom. The summed E-state index contributed by atoms with van der Waals surface area (Å²) in [5.74, 6) is -0.744. The van der Waals surface area contributed by atoms with Gasteiger partial charge in [0.2, 0.25) is 5.91 Å². The third kappa shape index (κ3) is 1.29. The molecule has 2 fully saturated rings. The van der Waals surface area contributed by atoms with E-state index in [1.54, 1.807) is 0 Å². The van der Waals surface area contributed by atoms with Crippen molar-refractivity contribution in [3.05, 3.63) is 11.6 Å². The zero-order chi connectivity index (χ0) is 13.2. The number of fused-ring (bicyclic) bond motifs is 3. The van der Waals surface area contributed by atoms with E-state index in [1.807, 2.05) is 13.8 Å². The quantitative estimate of drug-likeness (QED) is 0.488. The number of hydrogen-bond acceptors (Lipinski definition) is 4. The molecule has 0 saturated carbocycles. The Kier molecular flexibility index (Phi) is 2.26. The van der Waals surface area contributed by atoms with Crippen LogP contribution in [0.5, 0.6) is 0 Å². The van der Waals surface area contributed by atoms with Crippen LogP contribution in [0.25, 0.3) is 0 Å². The lowest BCUT2D eigenvalue weighted by Gasteiger charge is -2.38. The fourth-order valence-corrected chi connectivity index (χ4v) is 3.32. The highest BCUT2D eigenvalue weighted by Crippen LogP contribution is 2.44. The van der Waals surface area contributed by atoms with Crippen molar-refractivity contribution < 1.29 is 14.3 Å².